The third-order valence-corrected chi connectivity index (χ3v) is 3.72. The lowest BCUT2D eigenvalue weighted by Gasteiger charge is -2.29. The van der Waals surface area contributed by atoms with Gasteiger partial charge in [-0.25, -0.2) is 0 Å². The van der Waals surface area contributed by atoms with Gasteiger partial charge in [0, 0.05) is 31.3 Å². The van der Waals surface area contributed by atoms with Gasteiger partial charge in [-0.2, -0.15) is 5.10 Å². The highest BCUT2D eigenvalue weighted by molar-refractivity contribution is 5.80. The van der Waals surface area contributed by atoms with Crippen LogP contribution in [0.5, 0.6) is 0 Å². The first-order valence-corrected chi connectivity index (χ1v) is 6.53. The smallest absolute Gasteiger partial charge is 0.306 e. The van der Waals surface area contributed by atoms with E-state index in [9.17, 15) is 9.59 Å². The maximum Gasteiger partial charge on any atom is 0.306 e. The van der Waals surface area contributed by atoms with Gasteiger partial charge in [0.2, 0.25) is 5.91 Å². The van der Waals surface area contributed by atoms with Crippen LogP contribution in [0, 0.1) is 11.8 Å². The van der Waals surface area contributed by atoms with Gasteiger partial charge < -0.3 is 10.0 Å². The molecule has 1 aliphatic rings. The van der Waals surface area contributed by atoms with Crippen LogP contribution >= 0.6 is 0 Å². The summed E-state index contributed by atoms with van der Waals surface area (Å²) in [5, 5.41) is 15.6. The molecule has 1 amide bonds. The van der Waals surface area contributed by atoms with Gasteiger partial charge in [-0.05, 0) is 19.3 Å². The summed E-state index contributed by atoms with van der Waals surface area (Å²) in [6, 6.07) is 0. The summed E-state index contributed by atoms with van der Waals surface area (Å²) in [6.07, 6.45) is 6.19. The van der Waals surface area contributed by atoms with E-state index in [2.05, 4.69) is 10.2 Å². The van der Waals surface area contributed by atoms with Crippen LogP contribution in [0.1, 0.15) is 31.2 Å². The molecule has 6 heteroatoms. The van der Waals surface area contributed by atoms with E-state index in [0.29, 0.717) is 19.4 Å². The van der Waals surface area contributed by atoms with Crippen molar-refractivity contribution in [2.45, 2.75) is 32.2 Å². The minimum atomic E-state index is -0.782. The van der Waals surface area contributed by atoms with Gasteiger partial charge >= 0.3 is 5.97 Å². The van der Waals surface area contributed by atoms with Crippen LogP contribution in [-0.2, 0) is 16.1 Å². The number of rotatable bonds is 4. The SMILES string of the molecule is CN(Cc1cn[nH]c1)C(=O)C1CCCC(C(=O)O)C1. The summed E-state index contributed by atoms with van der Waals surface area (Å²) >= 11 is 0. The Morgan fingerprint density at radius 1 is 1.47 bits per heavy atom. The van der Waals surface area contributed by atoms with Gasteiger partial charge in [-0.3, -0.25) is 14.7 Å². The molecule has 2 rings (SSSR count). The Labute approximate surface area is 111 Å². The van der Waals surface area contributed by atoms with E-state index in [1.807, 2.05) is 0 Å². The van der Waals surface area contributed by atoms with Crippen molar-refractivity contribution in [2.24, 2.45) is 11.8 Å². The lowest BCUT2D eigenvalue weighted by Crippen LogP contribution is -2.36. The molecule has 6 nitrogen and oxygen atoms in total. The quantitative estimate of drug-likeness (QED) is 0.858. The zero-order valence-corrected chi connectivity index (χ0v) is 11.0. The standard InChI is InChI=1S/C13H19N3O3/c1-16(8-9-6-14-15-7-9)12(17)10-3-2-4-11(5-10)13(18)19/h6-7,10-11H,2-5,8H2,1H3,(H,14,15)(H,18,19). The van der Waals surface area contributed by atoms with Crippen molar-refractivity contribution >= 4 is 11.9 Å². The second-order valence-electron chi connectivity index (χ2n) is 5.20. The van der Waals surface area contributed by atoms with E-state index in [0.717, 1.165) is 18.4 Å². The number of carbonyl (C=O) groups excluding carboxylic acids is 1. The van der Waals surface area contributed by atoms with Crippen LogP contribution in [0.4, 0.5) is 0 Å². The molecule has 0 bridgehead atoms. The van der Waals surface area contributed by atoms with Crippen molar-refractivity contribution in [3.8, 4) is 0 Å². The van der Waals surface area contributed by atoms with E-state index in [4.69, 9.17) is 5.11 Å². The first-order valence-electron chi connectivity index (χ1n) is 6.53. The topological polar surface area (TPSA) is 86.3 Å². The van der Waals surface area contributed by atoms with Crippen molar-refractivity contribution in [1.82, 2.24) is 15.1 Å². The first kappa shape index (κ1) is 13.6. The molecule has 0 radical (unpaired) electrons. The molecular formula is C13H19N3O3. The molecule has 1 fully saturated rings. The number of aromatic nitrogens is 2. The Morgan fingerprint density at radius 3 is 2.84 bits per heavy atom. The zero-order valence-electron chi connectivity index (χ0n) is 11.0. The average molecular weight is 265 g/mol. The van der Waals surface area contributed by atoms with E-state index in [-0.39, 0.29) is 17.7 Å². The van der Waals surface area contributed by atoms with Crippen molar-refractivity contribution in [1.29, 1.82) is 0 Å². The summed E-state index contributed by atoms with van der Waals surface area (Å²) in [5.74, 6) is -1.28. The van der Waals surface area contributed by atoms with Crippen LogP contribution in [0.25, 0.3) is 0 Å². The molecule has 0 aliphatic heterocycles. The molecule has 1 heterocycles. The lowest BCUT2D eigenvalue weighted by molar-refractivity contribution is -0.145. The predicted molar refractivity (Wildman–Crippen MR) is 68.1 cm³/mol. The monoisotopic (exact) mass is 265 g/mol. The van der Waals surface area contributed by atoms with Gasteiger partial charge in [0.05, 0.1) is 12.1 Å². The number of carboxylic acid groups (broad SMARTS) is 1. The van der Waals surface area contributed by atoms with Crippen LogP contribution in [0.2, 0.25) is 0 Å². The number of amides is 1. The average Bonchev–Trinajstić information content (AvgIpc) is 2.90. The molecule has 1 aliphatic carbocycles. The summed E-state index contributed by atoms with van der Waals surface area (Å²) in [7, 11) is 1.75. The van der Waals surface area contributed by atoms with Gasteiger partial charge in [0.25, 0.3) is 0 Å². The molecule has 2 unspecified atom stereocenters. The third kappa shape index (κ3) is 3.33. The van der Waals surface area contributed by atoms with Crippen LogP contribution < -0.4 is 0 Å². The van der Waals surface area contributed by atoms with Crippen molar-refractivity contribution in [3.63, 3.8) is 0 Å². The number of aromatic amines is 1. The Hall–Kier alpha value is -1.85. The van der Waals surface area contributed by atoms with Crippen molar-refractivity contribution in [2.75, 3.05) is 7.05 Å². The van der Waals surface area contributed by atoms with Gasteiger partial charge in [0.1, 0.15) is 0 Å². The highest BCUT2D eigenvalue weighted by Gasteiger charge is 2.32. The molecule has 2 N–H and O–H groups in total. The molecule has 1 saturated carbocycles. The normalized spacial score (nSPS) is 23.0. The minimum Gasteiger partial charge on any atom is -0.481 e. The first-order chi connectivity index (χ1) is 9.08. The minimum absolute atomic E-state index is 0.0344. The molecule has 1 aromatic heterocycles. The summed E-state index contributed by atoms with van der Waals surface area (Å²) in [4.78, 5) is 25.0. The zero-order chi connectivity index (χ0) is 13.8. The number of hydrogen-bond donors (Lipinski definition) is 2. The van der Waals surface area contributed by atoms with Crippen LogP contribution in [0.15, 0.2) is 12.4 Å². The molecule has 0 spiro atoms. The molecule has 0 aromatic carbocycles. The summed E-state index contributed by atoms with van der Waals surface area (Å²) in [6.45, 7) is 0.504. The maximum atomic E-state index is 12.3. The van der Waals surface area contributed by atoms with E-state index in [1.54, 1.807) is 24.3 Å². The highest BCUT2D eigenvalue weighted by atomic mass is 16.4. The second-order valence-corrected chi connectivity index (χ2v) is 5.20. The molecule has 2 atom stereocenters. The molecule has 19 heavy (non-hydrogen) atoms. The maximum absolute atomic E-state index is 12.3. The Kier molecular flexibility index (Phi) is 4.19. The van der Waals surface area contributed by atoms with E-state index >= 15 is 0 Å². The number of hydrogen-bond acceptors (Lipinski definition) is 3. The Morgan fingerprint density at radius 2 is 2.21 bits per heavy atom. The fourth-order valence-electron chi connectivity index (χ4n) is 2.67. The number of carbonyl (C=O) groups is 2. The number of nitrogens with one attached hydrogen (secondary N) is 1. The molecule has 0 saturated heterocycles. The highest BCUT2D eigenvalue weighted by Crippen LogP contribution is 2.30. The van der Waals surface area contributed by atoms with Crippen molar-refractivity contribution in [3.05, 3.63) is 18.0 Å². The van der Waals surface area contributed by atoms with Gasteiger partial charge in [-0.15, -0.1) is 0 Å². The third-order valence-electron chi connectivity index (χ3n) is 3.72. The molecule has 1 aromatic rings. The fraction of sp³-hybridized carbons (Fsp3) is 0.615. The lowest BCUT2D eigenvalue weighted by atomic mass is 9.81. The number of aliphatic carboxylic acids is 1. The summed E-state index contributed by atoms with van der Waals surface area (Å²) < 4.78 is 0. The number of carboxylic acids is 1. The van der Waals surface area contributed by atoms with Crippen LogP contribution in [-0.4, -0.2) is 39.1 Å². The van der Waals surface area contributed by atoms with Crippen LogP contribution in [0.3, 0.4) is 0 Å². The number of nitrogens with zero attached hydrogens (tertiary/aromatic N) is 2. The van der Waals surface area contributed by atoms with Gasteiger partial charge in [-0.1, -0.05) is 6.42 Å². The van der Waals surface area contributed by atoms with Gasteiger partial charge in [0.15, 0.2) is 0 Å². The Bertz CT molecular complexity index is 444. The fourth-order valence-corrected chi connectivity index (χ4v) is 2.67. The van der Waals surface area contributed by atoms with Crippen molar-refractivity contribution < 1.29 is 14.7 Å². The Balaban J connectivity index is 1.93. The molecular weight excluding hydrogens is 246 g/mol. The summed E-state index contributed by atoms with van der Waals surface area (Å²) in [5.41, 5.74) is 0.946. The second kappa shape index (κ2) is 5.86. The molecule has 104 valence electrons. The number of H-pyrrole nitrogens is 1. The predicted octanol–water partition coefficient (Wildman–Crippen LogP) is 1.26. The van der Waals surface area contributed by atoms with E-state index < -0.39 is 5.97 Å². The van der Waals surface area contributed by atoms with E-state index in [1.165, 1.54) is 0 Å². The largest absolute Gasteiger partial charge is 0.481 e.